The zero-order valence-electron chi connectivity index (χ0n) is 16.6. The Morgan fingerprint density at radius 3 is 2.23 bits per heavy atom. The molecule has 1 atom stereocenters. The van der Waals surface area contributed by atoms with Crippen molar-refractivity contribution < 1.29 is 19.3 Å². The molecule has 0 spiro atoms. The van der Waals surface area contributed by atoms with Crippen LogP contribution >= 0.6 is 11.8 Å². The van der Waals surface area contributed by atoms with Gasteiger partial charge in [-0.15, -0.1) is 0 Å². The number of ether oxygens (including phenoxy) is 2. The number of hydrogen-bond donors (Lipinski definition) is 1. The highest BCUT2D eigenvalue weighted by Gasteiger charge is 2.20. The minimum Gasteiger partial charge on any atom is -0.481 e. The van der Waals surface area contributed by atoms with Crippen molar-refractivity contribution in [2.45, 2.75) is 24.3 Å². The zero-order valence-corrected chi connectivity index (χ0v) is 17.5. The lowest BCUT2D eigenvalue weighted by Crippen LogP contribution is -2.15. The normalized spacial score (nSPS) is 12.0. The third-order valence-corrected chi connectivity index (χ3v) is 5.10. The quantitative estimate of drug-likeness (QED) is 0.192. The van der Waals surface area contributed by atoms with Gasteiger partial charge in [-0.25, -0.2) is 0 Å². The van der Waals surface area contributed by atoms with Crippen molar-refractivity contribution in [3.05, 3.63) is 44.5 Å². The molecule has 0 aliphatic heterocycles. The van der Waals surface area contributed by atoms with Crippen LogP contribution in [0.5, 0.6) is 11.8 Å². The lowest BCUT2D eigenvalue weighted by Gasteiger charge is -2.15. The van der Waals surface area contributed by atoms with Crippen molar-refractivity contribution in [2.75, 3.05) is 19.6 Å². The highest BCUT2D eigenvalue weighted by molar-refractivity contribution is 8.00. The topological polar surface area (TPSA) is 155 Å². The van der Waals surface area contributed by atoms with Crippen molar-refractivity contribution in [3.8, 4) is 11.8 Å². The first-order chi connectivity index (χ1) is 14.2. The van der Waals surface area contributed by atoms with Gasteiger partial charge in [0.05, 0.1) is 41.4 Å². The number of nitro groups is 2. The molecule has 2 aromatic rings. The van der Waals surface area contributed by atoms with E-state index in [0.29, 0.717) is 16.9 Å². The molecule has 0 amide bonds. The smallest absolute Gasteiger partial charge is 0.301 e. The molecule has 1 N–H and O–H groups in total. The minimum atomic E-state index is -0.712. The molecule has 0 fully saturated rings. The van der Waals surface area contributed by atoms with Crippen LogP contribution in [0.4, 0.5) is 17.1 Å². The zero-order chi connectivity index (χ0) is 22.3. The highest BCUT2D eigenvalue weighted by Crippen LogP contribution is 2.30. The second-order valence-corrected chi connectivity index (χ2v) is 7.31. The number of nitrogens with zero attached hydrogens (tertiary/aromatic N) is 5. The molecular weight excluding hydrogens is 416 g/mol. The van der Waals surface area contributed by atoms with Gasteiger partial charge >= 0.3 is 5.69 Å². The molecule has 160 valence electrons. The summed E-state index contributed by atoms with van der Waals surface area (Å²) in [5.74, 6) is 0.819. The van der Waals surface area contributed by atoms with E-state index in [1.807, 2.05) is 13.8 Å². The Morgan fingerprint density at radius 2 is 1.73 bits per heavy atom. The Balaban J connectivity index is 2.20. The first-order valence-corrected chi connectivity index (χ1v) is 9.48. The number of thioether (sulfide) groups is 1. The van der Waals surface area contributed by atoms with Crippen LogP contribution in [-0.2, 0) is 0 Å². The van der Waals surface area contributed by atoms with Gasteiger partial charge in [0.2, 0.25) is 11.8 Å². The van der Waals surface area contributed by atoms with E-state index < -0.39 is 15.5 Å². The predicted molar refractivity (Wildman–Crippen MR) is 111 cm³/mol. The molecule has 1 heterocycles. The number of hydrazone groups is 1. The third-order valence-electron chi connectivity index (χ3n) is 3.77. The second kappa shape index (κ2) is 10.3. The van der Waals surface area contributed by atoms with Crippen LogP contribution in [-0.4, -0.2) is 45.5 Å². The summed E-state index contributed by atoms with van der Waals surface area (Å²) in [4.78, 5) is 29.2. The van der Waals surface area contributed by atoms with Gasteiger partial charge in [0, 0.05) is 12.3 Å². The number of hydrogen-bond acceptors (Lipinski definition) is 11. The fraction of sp³-hybridized carbons (Fsp3) is 0.353. The van der Waals surface area contributed by atoms with Crippen molar-refractivity contribution in [1.29, 1.82) is 0 Å². The van der Waals surface area contributed by atoms with Gasteiger partial charge in [-0.1, -0.05) is 25.6 Å². The van der Waals surface area contributed by atoms with E-state index in [4.69, 9.17) is 9.47 Å². The summed E-state index contributed by atoms with van der Waals surface area (Å²) in [5, 5.41) is 26.3. The number of methoxy groups -OCH3 is 2. The number of benzene rings is 1. The summed E-state index contributed by atoms with van der Waals surface area (Å²) in [5.41, 5.74) is 1.79. The van der Waals surface area contributed by atoms with Crippen LogP contribution in [0.25, 0.3) is 0 Å². The lowest BCUT2D eigenvalue weighted by atomic mass is 10.1. The molecule has 1 unspecified atom stereocenters. The maximum atomic E-state index is 11.2. The summed E-state index contributed by atoms with van der Waals surface area (Å²) in [6, 6.07) is 4.83. The number of nitrogens with one attached hydrogen (secondary N) is 1. The fourth-order valence-electron chi connectivity index (χ4n) is 2.17. The molecule has 0 bridgehead atoms. The van der Waals surface area contributed by atoms with E-state index in [1.54, 1.807) is 12.3 Å². The third kappa shape index (κ3) is 6.01. The molecular formula is C17H20N6O6S. The molecule has 0 saturated heterocycles. The average molecular weight is 436 g/mol. The van der Waals surface area contributed by atoms with Crippen molar-refractivity contribution in [1.82, 2.24) is 9.97 Å². The minimum absolute atomic E-state index is 0.0358. The van der Waals surface area contributed by atoms with Crippen LogP contribution < -0.4 is 14.9 Å². The Labute approximate surface area is 176 Å². The maximum Gasteiger partial charge on any atom is 0.301 e. The van der Waals surface area contributed by atoms with E-state index in [2.05, 4.69) is 20.5 Å². The Kier molecular flexibility index (Phi) is 7.86. The molecule has 30 heavy (non-hydrogen) atoms. The van der Waals surface area contributed by atoms with Gasteiger partial charge in [-0.05, 0) is 12.0 Å². The predicted octanol–water partition coefficient (Wildman–Crippen LogP) is 3.52. The van der Waals surface area contributed by atoms with Crippen LogP contribution in [0.1, 0.15) is 13.8 Å². The van der Waals surface area contributed by atoms with Crippen molar-refractivity contribution in [2.24, 2.45) is 11.0 Å². The second-order valence-electron chi connectivity index (χ2n) is 6.17. The molecule has 0 radical (unpaired) electrons. The standard InChI is InChI=1S/C17H20N6O6S/c1-10(2)14(30-17-19-15(28-3)8-16(20-17)29-4)9-18-21-12-6-5-11(22(24)25)7-13(12)23(26)27/h5-10,14,21H,1-4H3. The van der Waals surface area contributed by atoms with Gasteiger partial charge in [-0.2, -0.15) is 15.1 Å². The van der Waals surface area contributed by atoms with Crippen LogP contribution in [0.2, 0.25) is 0 Å². The first-order valence-electron chi connectivity index (χ1n) is 8.61. The molecule has 1 aromatic heterocycles. The number of nitro benzene ring substituents is 2. The number of non-ortho nitro benzene ring substituents is 1. The van der Waals surface area contributed by atoms with Gasteiger partial charge in [-0.3, -0.25) is 25.7 Å². The molecule has 13 heteroatoms. The molecule has 0 saturated carbocycles. The number of anilines is 1. The Morgan fingerprint density at radius 1 is 1.10 bits per heavy atom. The molecule has 0 aliphatic rings. The van der Waals surface area contributed by atoms with E-state index >= 15 is 0 Å². The first kappa shape index (κ1) is 22.8. The largest absolute Gasteiger partial charge is 0.481 e. The van der Waals surface area contributed by atoms with Gasteiger partial charge in [0.15, 0.2) is 5.16 Å². The maximum absolute atomic E-state index is 11.2. The van der Waals surface area contributed by atoms with E-state index in [-0.39, 0.29) is 22.5 Å². The van der Waals surface area contributed by atoms with Crippen LogP contribution in [0.3, 0.4) is 0 Å². The molecule has 0 aliphatic carbocycles. The van der Waals surface area contributed by atoms with Crippen molar-refractivity contribution >= 4 is 35.0 Å². The van der Waals surface area contributed by atoms with Crippen LogP contribution in [0.15, 0.2) is 34.5 Å². The summed E-state index contributed by atoms with van der Waals surface area (Å²) in [7, 11) is 2.97. The van der Waals surface area contributed by atoms with Gasteiger partial charge < -0.3 is 9.47 Å². The molecule has 1 aromatic carbocycles. The monoisotopic (exact) mass is 436 g/mol. The summed E-state index contributed by atoms with van der Waals surface area (Å²) < 4.78 is 10.3. The van der Waals surface area contributed by atoms with E-state index in [1.165, 1.54) is 32.0 Å². The number of aromatic nitrogens is 2. The summed E-state index contributed by atoms with van der Waals surface area (Å²) in [6.45, 7) is 3.94. The summed E-state index contributed by atoms with van der Waals surface area (Å²) >= 11 is 1.31. The Bertz CT molecular complexity index is 932. The van der Waals surface area contributed by atoms with Gasteiger partial charge in [0.1, 0.15) is 5.69 Å². The fourth-order valence-corrected chi connectivity index (χ4v) is 3.09. The number of rotatable bonds is 10. The van der Waals surface area contributed by atoms with Crippen molar-refractivity contribution in [3.63, 3.8) is 0 Å². The average Bonchev–Trinajstić information content (AvgIpc) is 2.72. The van der Waals surface area contributed by atoms with E-state index in [0.717, 1.165) is 12.1 Å². The molecule has 2 rings (SSSR count). The SMILES string of the molecule is COc1cc(OC)nc(SC(C=NNc2ccc([N+](=O)[O-])cc2[N+](=O)[O-])C(C)C)n1. The summed E-state index contributed by atoms with van der Waals surface area (Å²) in [6.07, 6.45) is 1.57. The Hall–Kier alpha value is -3.48. The highest BCUT2D eigenvalue weighted by atomic mass is 32.2. The molecule has 12 nitrogen and oxygen atoms in total. The van der Waals surface area contributed by atoms with Gasteiger partial charge in [0.25, 0.3) is 5.69 Å². The lowest BCUT2D eigenvalue weighted by molar-refractivity contribution is -0.393. The van der Waals surface area contributed by atoms with Crippen LogP contribution in [0, 0.1) is 26.1 Å². The van der Waals surface area contributed by atoms with E-state index in [9.17, 15) is 20.2 Å².